The monoisotopic (exact) mass is 366 g/mol. The normalized spacial score (nSPS) is 17.3. The van der Waals surface area contributed by atoms with Crippen LogP contribution in [0.5, 0.6) is 5.88 Å². The SMILES string of the molecule is CCOC(=O)c1c(CN2CC[C@@H](Oc3ccccn3)C2)oc2ccccc12. The van der Waals surface area contributed by atoms with Crippen LogP contribution in [-0.4, -0.2) is 41.7 Å². The standard InChI is InChI=1S/C21H22N2O4/c1-2-25-21(24)20-16-7-3-4-8-17(16)27-18(20)14-23-12-10-15(13-23)26-19-9-5-6-11-22-19/h3-9,11,15H,2,10,12-14H2,1H3/t15-/m1/s1. The Morgan fingerprint density at radius 3 is 2.93 bits per heavy atom. The topological polar surface area (TPSA) is 64.8 Å². The van der Waals surface area contributed by atoms with Gasteiger partial charge < -0.3 is 13.9 Å². The number of pyridine rings is 1. The summed E-state index contributed by atoms with van der Waals surface area (Å²) in [5.41, 5.74) is 1.23. The molecule has 2 aromatic heterocycles. The number of hydrogen-bond donors (Lipinski definition) is 0. The number of furan rings is 1. The Morgan fingerprint density at radius 1 is 1.26 bits per heavy atom. The molecule has 1 aliphatic rings. The van der Waals surface area contributed by atoms with Crippen molar-refractivity contribution in [3.63, 3.8) is 0 Å². The fourth-order valence-electron chi connectivity index (χ4n) is 3.46. The van der Waals surface area contributed by atoms with Gasteiger partial charge in [-0.15, -0.1) is 0 Å². The third-order valence-corrected chi connectivity index (χ3v) is 4.67. The minimum Gasteiger partial charge on any atom is -0.473 e. The molecule has 0 unspecified atom stereocenters. The molecule has 0 spiro atoms. The molecule has 1 fully saturated rings. The first-order valence-corrected chi connectivity index (χ1v) is 9.22. The molecule has 6 heteroatoms. The van der Waals surface area contributed by atoms with Crippen LogP contribution in [0.25, 0.3) is 11.0 Å². The molecule has 1 atom stereocenters. The summed E-state index contributed by atoms with van der Waals surface area (Å²) >= 11 is 0. The molecule has 6 nitrogen and oxygen atoms in total. The lowest BCUT2D eigenvalue weighted by Gasteiger charge is -2.16. The number of likely N-dealkylation sites (tertiary alicyclic amines) is 1. The van der Waals surface area contributed by atoms with Gasteiger partial charge in [-0.3, -0.25) is 4.90 Å². The van der Waals surface area contributed by atoms with E-state index in [0.717, 1.165) is 24.9 Å². The van der Waals surface area contributed by atoms with Gasteiger partial charge in [0.15, 0.2) is 0 Å². The van der Waals surface area contributed by atoms with E-state index < -0.39 is 0 Å². The van der Waals surface area contributed by atoms with Gasteiger partial charge in [-0.1, -0.05) is 24.3 Å². The Balaban J connectivity index is 1.50. The van der Waals surface area contributed by atoms with Crippen molar-refractivity contribution in [2.24, 2.45) is 0 Å². The van der Waals surface area contributed by atoms with E-state index in [1.807, 2.05) is 42.5 Å². The van der Waals surface area contributed by atoms with Crippen molar-refractivity contribution in [1.29, 1.82) is 0 Å². The van der Waals surface area contributed by atoms with Crippen molar-refractivity contribution in [3.05, 3.63) is 60.0 Å². The van der Waals surface area contributed by atoms with Gasteiger partial charge in [0.2, 0.25) is 5.88 Å². The van der Waals surface area contributed by atoms with Gasteiger partial charge in [-0.25, -0.2) is 9.78 Å². The third-order valence-electron chi connectivity index (χ3n) is 4.67. The van der Waals surface area contributed by atoms with Crippen LogP contribution in [0.3, 0.4) is 0 Å². The molecular formula is C21H22N2O4. The first-order valence-electron chi connectivity index (χ1n) is 9.22. The van der Waals surface area contributed by atoms with Gasteiger partial charge in [0.25, 0.3) is 0 Å². The number of esters is 1. The maximum atomic E-state index is 12.5. The quantitative estimate of drug-likeness (QED) is 0.621. The summed E-state index contributed by atoms with van der Waals surface area (Å²) in [6, 6.07) is 13.2. The third kappa shape index (κ3) is 3.80. The zero-order chi connectivity index (χ0) is 18.6. The number of benzene rings is 1. The Labute approximate surface area is 157 Å². The van der Waals surface area contributed by atoms with Crippen LogP contribution in [0.2, 0.25) is 0 Å². The smallest absolute Gasteiger partial charge is 0.342 e. The first kappa shape index (κ1) is 17.5. The largest absolute Gasteiger partial charge is 0.473 e. The van der Waals surface area contributed by atoms with Gasteiger partial charge in [0.1, 0.15) is 23.0 Å². The second-order valence-electron chi connectivity index (χ2n) is 6.55. The molecule has 0 N–H and O–H groups in total. The highest BCUT2D eigenvalue weighted by molar-refractivity contribution is 6.04. The number of aromatic nitrogens is 1. The van der Waals surface area contributed by atoms with Crippen LogP contribution in [0.1, 0.15) is 29.5 Å². The molecule has 0 bridgehead atoms. The minimum absolute atomic E-state index is 0.0790. The molecular weight excluding hydrogens is 344 g/mol. The van der Waals surface area contributed by atoms with Crippen LogP contribution in [0.15, 0.2) is 53.1 Å². The number of ether oxygens (including phenoxy) is 2. The maximum absolute atomic E-state index is 12.5. The Hall–Kier alpha value is -2.86. The van der Waals surface area contributed by atoms with E-state index >= 15 is 0 Å². The highest BCUT2D eigenvalue weighted by atomic mass is 16.5. The van der Waals surface area contributed by atoms with Crippen molar-refractivity contribution >= 4 is 16.9 Å². The fraction of sp³-hybridized carbons (Fsp3) is 0.333. The van der Waals surface area contributed by atoms with E-state index in [1.165, 1.54) is 0 Å². The molecule has 0 amide bonds. The Bertz CT molecular complexity index is 922. The second kappa shape index (κ2) is 7.80. The zero-order valence-electron chi connectivity index (χ0n) is 15.3. The lowest BCUT2D eigenvalue weighted by atomic mass is 10.1. The summed E-state index contributed by atoms with van der Waals surface area (Å²) in [4.78, 5) is 18.9. The highest BCUT2D eigenvalue weighted by Crippen LogP contribution is 2.29. The number of rotatable bonds is 6. The lowest BCUT2D eigenvalue weighted by Crippen LogP contribution is -2.25. The summed E-state index contributed by atoms with van der Waals surface area (Å²) in [7, 11) is 0. The van der Waals surface area contributed by atoms with E-state index in [0.29, 0.717) is 35.9 Å². The average Bonchev–Trinajstić information content (AvgIpc) is 3.26. The number of para-hydroxylation sites is 1. The van der Waals surface area contributed by atoms with Crippen molar-refractivity contribution in [1.82, 2.24) is 9.88 Å². The average molecular weight is 366 g/mol. The zero-order valence-corrected chi connectivity index (χ0v) is 15.3. The molecule has 3 heterocycles. The molecule has 1 saturated heterocycles. The minimum atomic E-state index is -0.335. The number of carbonyl (C=O) groups is 1. The van der Waals surface area contributed by atoms with Crippen molar-refractivity contribution in [2.75, 3.05) is 19.7 Å². The van der Waals surface area contributed by atoms with Crippen molar-refractivity contribution in [2.45, 2.75) is 26.0 Å². The number of carbonyl (C=O) groups excluding carboxylic acids is 1. The molecule has 0 radical (unpaired) electrons. The number of nitrogens with zero attached hydrogens (tertiary/aromatic N) is 2. The van der Waals surface area contributed by atoms with Gasteiger partial charge in [-0.05, 0) is 25.5 Å². The number of hydrogen-bond acceptors (Lipinski definition) is 6. The molecule has 1 aliphatic heterocycles. The van der Waals surface area contributed by atoms with E-state index in [1.54, 1.807) is 13.1 Å². The van der Waals surface area contributed by atoms with Gasteiger partial charge >= 0.3 is 5.97 Å². The Morgan fingerprint density at radius 2 is 2.11 bits per heavy atom. The molecule has 1 aromatic carbocycles. The first-order chi connectivity index (χ1) is 13.2. The van der Waals surface area contributed by atoms with E-state index in [9.17, 15) is 4.79 Å². The van der Waals surface area contributed by atoms with Gasteiger partial charge in [-0.2, -0.15) is 0 Å². The van der Waals surface area contributed by atoms with Gasteiger partial charge in [0.05, 0.1) is 13.2 Å². The van der Waals surface area contributed by atoms with E-state index in [-0.39, 0.29) is 12.1 Å². The van der Waals surface area contributed by atoms with Crippen LogP contribution >= 0.6 is 0 Å². The summed E-state index contributed by atoms with van der Waals surface area (Å²) in [5, 5.41) is 0.798. The predicted molar refractivity (Wildman–Crippen MR) is 101 cm³/mol. The van der Waals surface area contributed by atoms with E-state index in [2.05, 4.69) is 9.88 Å². The van der Waals surface area contributed by atoms with Gasteiger partial charge in [0, 0.05) is 30.7 Å². The number of fused-ring (bicyclic) bond motifs is 1. The summed E-state index contributed by atoms with van der Waals surface area (Å²) < 4.78 is 17.2. The predicted octanol–water partition coefficient (Wildman–Crippen LogP) is 3.66. The molecule has 0 saturated carbocycles. The molecule has 0 aliphatic carbocycles. The van der Waals surface area contributed by atoms with Crippen LogP contribution < -0.4 is 4.74 Å². The van der Waals surface area contributed by atoms with Crippen LogP contribution in [-0.2, 0) is 11.3 Å². The summed E-state index contributed by atoms with van der Waals surface area (Å²) in [5.74, 6) is 0.950. The summed E-state index contributed by atoms with van der Waals surface area (Å²) in [6.07, 6.45) is 2.71. The highest BCUT2D eigenvalue weighted by Gasteiger charge is 2.28. The fourth-order valence-corrected chi connectivity index (χ4v) is 3.46. The molecule has 140 valence electrons. The van der Waals surface area contributed by atoms with Crippen molar-refractivity contribution < 1.29 is 18.7 Å². The van der Waals surface area contributed by atoms with Crippen LogP contribution in [0, 0.1) is 0 Å². The van der Waals surface area contributed by atoms with Crippen molar-refractivity contribution in [3.8, 4) is 5.88 Å². The molecule has 3 aromatic rings. The summed E-state index contributed by atoms with van der Waals surface area (Å²) in [6.45, 7) is 4.32. The molecule has 4 rings (SSSR count). The van der Waals surface area contributed by atoms with E-state index in [4.69, 9.17) is 13.9 Å². The molecule has 27 heavy (non-hydrogen) atoms. The maximum Gasteiger partial charge on any atom is 0.342 e. The lowest BCUT2D eigenvalue weighted by molar-refractivity contribution is 0.0524. The van der Waals surface area contributed by atoms with Crippen LogP contribution in [0.4, 0.5) is 0 Å². The second-order valence-corrected chi connectivity index (χ2v) is 6.55. The Kier molecular flexibility index (Phi) is 5.07.